The molecule has 0 radical (unpaired) electrons. The normalized spacial score (nSPS) is 15.5. The van der Waals surface area contributed by atoms with Crippen LogP contribution in [0.2, 0.25) is 0 Å². The Hall–Kier alpha value is -2.37. The maximum absolute atomic E-state index is 13.2. The van der Waals surface area contributed by atoms with Crippen LogP contribution in [0.5, 0.6) is 0 Å². The van der Waals surface area contributed by atoms with Crippen molar-refractivity contribution in [2.45, 2.75) is 19.4 Å². The predicted molar refractivity (Wildman–Crippen MR) is 115 cm³/mol. The van der Waals surface area contributed by atoms with Gasteiger partial charge in [-0.05, 0) is 36.7 Å². The molecule has 0 aliphatic carbocycles. The molecule has 1 aliphatic heterocycles. The van der Waals surface area contributed by atoms with E-state index in [1.165, 1.54) is 0 Å². The van der Waals surface area contributed by atoms with E-state index in [0.29, 0.717) is 12.3 Å². The van der Waals surface area contributed by atoms with Crippen molar-refractivity contribution in [3.63, 3.8) is 0 Å². The van der Waals surface area contributed by atoms with Gasteiger partial charge in [0.2, 0.25) is 11.8 Å². The maximum Gasteiger partial charge on any atom is 0.249 e. The monoisotopic (exact) mass is 401 g/mol. The van der Waals surface area contributed by atoms with Gasteiger partial charge in [-0.2, -0.15) is 0 Å². The van der Waals surface area contributed by atoms with Gasteiger partial charge in [0.1, 0.15) is 6.04 Å². The molecule has 2 atom stereocenters. The first-order valence-corrected chi connectivity index (χ1v) is 9.44. The highest BCUT2D eigenvalue weighted by molar-refractivity contribution is 5.99. The molecule has 3 rings (SSSR count). The highest BCUT2D eigenvalue weighted by Crippen LogP contribution is 2.18. The Morgan fingerprint density at radius 2 is 1.64 bits per heavy atom. The van der Waals surface area contributed by atoms with E-state index in [0.717, 1.165) is 24.3 Å². The van der Waals surface area contributed by atoms with Crippen LogP contribution in [0.15, 0.2) is 60.7 Å². The molecule has 1 heterocycles. The van der Waals surface area contributed by atoms with E-state index < -0.39 is 6.04 Å². The number of nitrogens with zero attached hydrogens (tertiary/aromatic N) is 1. The largest absolute Gasteiger partial charge is 0.344 e. The summed E-state index contributed by atoms with van der Waals surface area (Å²) in [7, 11) is 1.75. The van der Waals surface area contributed by atoms with Gasteiger partial charge in [-0.1, -0.05) is 55.5 Å². The Kier molecular flexibility index (Phi) is 8.03. The number of rotatable bonds is 7. The van der Waals surface area contributed by atoms with Gasteiger partial charge in [0.05, 0.1) is 0 Å². The van der Waals surface area contributed by atoms with E-state index >= 15 is 0 Å². The average Bonchev–Trinajstić information content (AvgIpc) is 2.66. The number of halogens is 1. The molecule has 0 saturated carbocycles. The number of hydrogen-bond donors (Lipinski definition) is 2. The van der Waals surface area contributed by atoms with Gasteiger partial charge in [-0.15, -0.1) is 12.4 Å². The standard InChI is InChI=1S/C22H27N3O2.ClH/c1-16(18-14-23-15-18)21(26)24-20(13-17-9-5-3-6-10-17)22(27)25(2)19-11-7-4-8-12-19;/h3-12,16,18,20,23H,13-15H2,1-2H3,(H,24,26);1H/t16?,20-;/m0./s1. The number of para-hydroxylation sites is 1. The summed E-state index contributed by atoms with van der Waals surface area (Å²) in [6.45, 7) is 3.65. The summed E-state index contributed by atoms with van der Waals surface area (Å²) in [5.41, 5.74) is 1.83. The van der Waals surface area contributed by atoms with Gasteiger partial charge in [0.25, 0.3) is 0 Å². The van der Waals surface area contributed by atoms with Gasteiger partial charge >= 0.3 is 0 Å². The second kappa shape index (κ2) is 10.2. The number of carbonyl (C=O) groups is 2. The summed E-state index contributed by atoms with van der Waals surface area (Å²) in [6, 6.07) is 18.7. The van der Waals surface area contributed by atoms with E-state index in [-0.39, 0.29) is 30.1 Å². The zero-order valence-electron chi connectivity index (χ0n) is 16.3. The first kappa shape index (κ1) is 21.9. The highest BCUT2D eigenvalue weighted by atomic mass is 35.5. The second-order valence-electron chi connectivity index (χ2n) is 7.19. The zero-order valence-corrected chi connectivity index (χ0v) is 17.1. The van der Waals surface area contributed by atoms with Gasteiger partial charge in [-0.25, -0.2) is 0 Å². The molecule has 0 bridgehead atoms. The highest BCUT2D eigenvalue weighted by Gasteiger charge is 2.32. The number of benzene rings is 2. The minimum Gasteiger partial charge on any atom is -0.344 e. The molecular weight excluding hydrogens is 374 g/mol. The van der Waals surface area contributed by atoms with Crippen LogP contribution in [0.25, 0.3) is 0 Å². The number of nitrogens with one attached hydrogen (secondary N) is 2. The third kappa shape index (κ3) is 5.33. The van der Waals surface area contributed by atoms with Gasteiger partial charge in [0.15, 0.2) is 0 Å². The van der Waals surface area contributed by atoms with Crippen molar-refractivity contribution in [3.05, 3.63) is 66.2 Å². The third-order valence-electron chi connectivity index (χ3n) is 5.31. The molecule has 2 amide bonds. The molecule has 1 aliphatic rings. The lowest BCUT2D eigenvalue weighted by atomic mass is 9.88. The van der Waals surface area contributed by atoms with Crippen LogP contribution >= 0.6 is 12.4 Å². The summed E-state index contributed by atoms with van der Waals surface area (Å²) >= 11 is 0. The molecule has 1 saturated heterocycles. The summed E-state index contributed by atoms with van der Waals surface area (Å²) in [5.74, 6) is 0.0539. The van der Waals surface area contributed by atoms with Crippen molar-refractivity contribution in [1.82, 2.24) is 10.6 Å². The SMILES string of the molecule is CC(C(=O)N[C@@H](Cc1ccccc1)C(=O)N(C)c1ccccc1)C1CNC1.Cl. The summed E-state index contributed by atoms with van der Waals surface area (Å²) < 4.78 is 0. The zero-order chi connectivity index (χ0) is 19.2. The molecule has 0 spiro atoms. The molecule has 0 aromatic heterocycles. The molecule has 2 aromatic carbocycles. The molecule has 2 aromatic rings. The minimum atomic E-state index is -0.597. The smallest absolute Gasteiger partial charge is 0.249 e. The Morgan fingerprint density at radius 1 is 1.07 bits per heavy atom. The second-order valence-corrected chi connectivity index (χ2v) is 7.19. The Balaban J connectivity index is 0.00000280. The molecule has 6 heteroatoms. The fourth-order valence-electron chi connectivity index (χ4n) is 3.24. The number of carbonyl (C=O) groups excluding carboxylic acids is 2. The Labute approximate surface area is 172 Å². The van der Waals surface area contributed by atoms with Crippen molar-refractivity contribution in [2.75, 3.05) is 25.0 Å². The summed E-state index contributed by atoms with van der Waals surface area (Å²) in [4.78, 5) is 27.5. The van der Waals surface area contributed by atoms with Crippen LogP contribution in [-0.4, -0.2) is 38.0 Å². The van der Waals surface area contributed by atoms with Crippen LogP contribution in [-0.2, 0) is 16.0 Å². The quantitative estimate of drug-likeness (QED) is 0.749. The van der Waals surface area contributed by atoms with Crippen molar-refractivity contribution in [2.24, 2.45) is 11.8 Å². The van der Waals surface area contributed by atoms with E-state index in [9.17, 15) is 9.59 Å². The van der Waals surface area contributed by atoms with Crippen LogP contribution in [0.1, 0.15) is 12.5 Å². The first-order valence-electron chi connectivity index (χ1n) is 9.44. The van der Waals surface area contributed by atoms with Crippen LogP contribution in [0.4, 0.5) is 5.69 Å². The summed E-state index contributed by atoms with van der Waals surface area (Å²) in [5, 5.41) is 6.20. The van der Waals surface area contributed by atoms with E-state index in [4.69, 9.17) is 0 Å². The van der Waals surface area contributed by atoms with Gasteiger partial charge < -0.3 is 15.5 Å². The van der Waals surface area contributed by atoms with Crippen LogP contribution in [0, 0.1) is 11.8 Å². The lowest BCUT2D eigenvalue weighted by molar-refractivity contribution is -0.131. The lowest BCUT2D eigenvalue weighted by Crippen LogP contribution is -2.54. The van der Waals surface area contributed by atoms with Crippen LogP contribution in [0.3, 0.4) is 0 Å². The topological polar surface area (TPSA) is 61.4 Å². The minimum absolute atomic E-state index is 0. The predicted octanol–water partition coefficient (Wildman–Crippen LogP) is 2.65. The number of likely N-dealkylation sites (N-methyl/N-ethyl adjacent to an activating group) is 1. The average molecular weight is 402 g/mol. The fraction of sp³-hybridized carbons (Fsp3) is 0.364. The number of amides is 2. The Morgan fingerprint density at radius 3 is 2.18 bits per heavy atom. The van der Waals surface area contributed by atoms with E-state index in [1.807, 2.05) is 67.6 Å². The van der Waals surface area contributed by atoms with E-state index in [1.54, 1.807) is 11.9 Å². The van der Waals surface area contributed by atoms with Gasteiger partial charge in [0, 0.05) is 25.1 Å². The maximum atomic E-state index is 13.2. The first-order chi connectivity index (χ1) is 13.1. The van der Waals surface area contributed by atoms with Crippen molar-refractivity contribution in [1.29, 1.82) is 0 Å². The molecule has 28 heavy (non-hydrogen) atoms. The third-order valence-corrected chi connectivity index (χ3v) is 5.31. The Bertz CT molecular complexity index is 766. The molecule has 1 unspecified atom stereocenters. The van der Waals surface area contributed by atoms with Crippen LogP contribution < -0.4 is 15.5 Å². The molecule has 2 N–H and O–H groups in total. The molecular formula is C22H28ClN3O2. The van der Waals surface area contributed by atoms with E-state index in [2.05, 4.69) is 10.6 Å². The molecule has 5 nitrogen and oxygen atoms in total. The number of anilines is 1. The fourth-order valence-corrected chi connectivity index (χ4v) is 3.24. The summed E-state index contributed by atoms with van der Waals surface area (Å²) in [6.07, 6.45) is 0.470. The van der Waals surface area contributed by atoms with Crippen molar-refractivity contribution >= 4 is 29.9 Å². The van der Waals surface area contributed by atoms with Crippen molar-refractivity contribution < 1.29 is 9.59 Å². The number of hydrogen-bond acceptors (Lipinski definition) is 3. The van der Waals surface area contributed by atoms with Crippen molar-refractivity contribution in [3.8, 4) is 0 Å². The lowest BCUT2D eigenvalue weighted by Gasteiger charge is -2.33. The molecule has 150 valence electrons. The molecule has 1 fully saturated rings. The van der Waals surface area contributed by atoms with Gasteiger partial charge in [-0.3, -0.25) is 9.59 Å².